The molecule has 304 valence electrons. The van der Waals surface area contributed by atoms with Gasteiger partial charge in [0.25, 0.3) is 17.7 Å². The lowest BCUT2D eigenvalue weighted by molar-refractivity contribution is -0.116. The number of carbonyl (C=O) groups is 5. The number of anilines is 4. The number of nitrogens with zero attached hydrogens (tertiary/aromatic N) is 4. The molecule has 1 atom stereocenters. The molecule has 0 radical (unpaired) electrons. The fourth-order valence-corrected chi connectivity index (χ4v) is 7.21. The van der Waals surface area contributed by atoms with Crippen molar-refractivity contribution in [1.29, 1.82) is 0 Å². The van der Waals surface area contributed by atoms with E-state index >= 15 is 0 Å². The summed E-state index contributed by atoms with van der Waals surface area (Å²) in [6.07, 6.45) is 8.87. The summed E-state index contributed by atoms with van der Waals surface area (Å²) in [4.78, 5) is 70.2. The molecular formula is C44H46N8O7. The summed E-state index contributed by atoms with van der Waals surface area (Å²) in [7, 11) is 5.03. The number of amides is 5. The number of rotatable bonds is 13. The molecule has 1 unspecified atom stereocenters. The van der Waals surface area contributed by atoms with Crippen LogP contribution in [0.25, 0.3) is 11.1 Å². The van der Waals surface area contributed by atoms with Crippen molar-refractivity contribution >= 4 is 64.2 Å². The van der Waals surface area contributed by atoms with Crippen molar-refractivity contribution in [3.63, 3.8) is 0 Å². The van der Waals surface area contributed by atoms with Crippen LogP contribution in [0.5, 0.6) is 11.5 Å². The van der Waals surface area contributed by atoms with Gasteiger partial charge in [-0.2, -0.15) is 0 Å². The quantitative estimate of drug-likeness (QED) is 0.0926. The number of methoxy groups -OCH3 is 1. The molecule has 0 aliphatic carbocycles. The molecule has 5 aromatic rings. The van der Waals surface area contributed by atoms with Gasteiger partial charge in [0.2, 0.25) is 11.8 Å². The van der Waals surface area contributed by atoms with Gasteiger partial charge in [-0.15, -0.1) is 0 Å². The Labute approximate surface area is 341 Å². The van der Waals surface area contributed by atoms with Gasteiger partial charge in [-0.1, -0.05) is 12.1 Å². The summed E-state index contributed by atoms with van der Waals surface area (Å²) < 4.78 is 14.9. The molecule has 5 amide bonds. The number of carbonyl (C=O) groups excluding carboxylic acids is 5. The molecule has 3 aromatic carbocycles. The minimum Gasteiger partial charge on any atom is -0.493 e. The lowest BCUT2D eigenvalue weighted by Crippen LogP contribution is -2.43. The SMILES string of the molecule is COc1cc2c(cc1OCCCC(=O)Nc1cc(C(=O)Nc3ccc(-c4cc(C(=O)Nc5ccc(NC(C)=O)cc5)n(C)c4)cc3)n(C)c1)N=CC1CCCCN1C2=O. The van der Waals surface area contributed by atoms with Gasteiger partial charge in [-0.25, -0.2) is 0 Å². The minimum atomic E-state index is -0.352. The summed E-state index contributed by atoms with van der Waals surface area (Å²) in [5, 5.41) is 11.3. The number of aromatic nitrogens is 2. The van der Waals surface area contributed by atoms with Crippen LogP contribution in [0, 0.1) is 0 Å². The first-order valence-electron chi connectivity index (χ1n) is 19.4. The highest BCUT2D eigenvalue weighted by Crippen LogP contribution is 2.38. The average molecular weight is 799 g/mol. The molecular weight excluding hydrogens is 753 g/mol. The minimum absolute atomic E-state index is 0.0121. The Bertz CT molecular complexity index is 2430. The molecule has 2 aliphatic rings. The maximum Gasteiger partial charge on any atom is 0.272 e. The van der Waals surface area contributed by atoms with Crippen molar-refractivity contribution in [2.45, 2.75) is 45.1 Å². The Hall–Kier alpha value is -7.16. The lowest BCUT2D eigenvalue weighted by atomic mass is 10.0. The Morgan fingerprint density at radius 3 is 2.07 bits per heavy atom. The fourth-order valence-electron chi connectivity index (χ4n) is 7.21. The molecule has 2 aromatic heterocycles. The molecule has 0 saturated carbocycles. The van der Waals surface area contributed by atoms with Crippen molar-refractivity contribution in [3.05, 3.63) is 102 Å². The van der Waals surface area contributed by atoms with Gasteiger partial charge < -0.3 is 44.8 Å². The van der Waals surface area contributed by atoms with Crippen LogP contribution in [0.4, 0.5) is 28.4 Å². The van der Waals surface area contributed by atoms with Gasteiger partial charge in [-0.3, -0.25) is 29.0 Å². The summed E-state index contributed by atoms with van der Waals surface area (Å²) >= 11 is 0. The molecule has 15 heteroatoms. The zero-order chi connectivity index (χ0) is 41.6. The van der Waals surface area contributed by atoms with E-state index < -0.39 is 0 Å². The first-order chi connectivity index (χ1) is 28.4. The van der Waals surface area contributed by atoms with E-state index in [1.54, 1.807) is 90.1 Å². The number of ether oxygens (including phenoxy) is 2. The predicted molar refractivity (Wildman–Crippen MR) is 226 cm³/mol. The van der Waals surface area contributed by atoms with Crippen LogP contribution in [0.15, 0.2) is 90.2 Å². The van der Waals surface area contributed by atoms with Crippen LogP contribution in [0.3, 0.4) is 0 Å². The van der Waals surface area contributed by atoms with Gasteiger partial charge in [0.1, 0.15) is 11.4 Å². The Morgan fingerprint density at radius 2 is 1.39 bits per heavy atom. The standard InChI is InChI=1S/C44H46N8O7/c1-27(53)46-30-14-16-32(17-15-30)49-42(55)37-20-29(25-50(37)2)28-10-12-31(13-11-28)48-43(56)38-21-33(26-51(38)3)47-41(54)9-7-19-59-40-23-36-35(22-39(40)58-4)44(57)52-18-6-5-8-34(52)24-45-36/h10-17,20-26,34H,5-9,18-19H2,1-4H3,(H,46,53)(H,47,54)(H,48,56)(H,49,55). The third-order valence-corrected chi connectivity index (χ3v) is 10.2. The average Bonchev–Trinajstić information content (AvgIpc) is 3.76. The normalized spacial score (nSPS) is 14.4. The van der Waals surface area contributed by atoms with Gasteiger partial charge in [0.05, 0.1) is 36.7 Å². The largest absolute Gasteiger partial charge is 0.493 e. The Balaban J connectivity index is 0.892. The van der Waals surface area contributed by atoms with Gasteiger partial charge in [0, 0.05) is 81.3 Å². The third-order valence-electron chi connectivity index (χ3n) is 10.2. The molecule has 59 heavy (non-hydrogen) atoms. The first kappa shape index (κ1) is 40.1. The maximum atomic E-state index is 13.3. The second-order valence-electron chi connectivity index (χ2n) is 14.6. The predicted octanol–water partition coefficient (Wildman–Crippen LogP) is 7.01. The van der Waals surface area contributed by atoms with Gasteiger partial charge in [-0.05, 0) is 85.8 Å². The van der Waals surface area contributed by atoms with E-state index in [2.05, 4.69) is 26.3 Å². The highest BCUT2D eigenvalue weighted by molar-refractivity contribution is 6.06. The number of nitrogens with one attached hydrogen (secondary N) is 4. The summed E-state index contributed by atoms with van der Waals surface area (Å²) in [5.74, 6) is -0.235. The topological polar surface area (TPSA) is 177 Å². The van der Waals surface area contributed by atoms with Crippen molar-refractivity contribution < 1.29 is 33.4 Å². The zero-order valence-corrected chi connectivity index (χ0v) is 33.3. The smallest absolute Gasteiger partial charge is 0.272 e. The summed E-state index contributed by atoms with van der Waals surface area (Å²) in [6.45, 7) is 2.37. The van der Waals surface area contributed by atoms with E-state index in [4.69, 9.17) is 9.47 Å². The second kappa shape index (κ2) is 17.5. The van der Waals surface area contributed by atoms with Crippen LogP contribution in [0.2, 0.25) is 0 Å². The molecule has 1 fully saturated rings. The highest BCUT2D eigenvalue weighted by Gasteiger charge is 2.31. The maximum absolute atomic E-state index is 13.3. The van der Waals surface area contributed by atoms with Gasteiger partial charge in [0.15, 0.2) is 11.5 Å². The summed E-state index contributed by atoms with van der Waals surface area (Å²) in [5.41, 5.74) is 5.78. The number of hydrogen-bond donors (Lipinski definition) is 4. The third kappa shape index (κ3) is 9.36. The van der Waals surface area contributed by atoms with E-state index in [0.29, 0.717) is 69.9 Å². The molecule has 1 saturated heterocycles. The Morgan fingerprint density at radius 1 is 0.746 bits per heavy atom. The molecule has 15 nitrogen and oxygen atoms in total. The molecule has 4 heterocycles. The van der Waals surface area contributed by atoms with Crippen LogP contribution < -0.4 is 30.7 Å². The van der Waals surface area contributed by atoms with Crippen LogP contribution in [0.1, 0.15) is 70.4 Å². The van der Waals surface area contributed by atoms with E-state index in [1.165, 1.54) is 14.0 Å². The van der Waals surface area contributed by atoms with E-state index in [0.717, 1.165) is 30.4 Å². The second-order valence-corrected chi connectivity index (χ2v) is 14.6. The van der Waals surface area contributed by atoms with Crippen molar-refractivity contribution in [1.82, 2.24) is 14.0 Å². The molecule has 7 rings (SSSR count). The Kier molecular flexibility index (Phi) is 11.9. The number of piperidine rings is 1. The number of aryl methyl sites for hydroxylation is 2. The molecule has 0 spiro atoms. The zero-order valence-electron chi connectivity index (χ0n) is 33.3. The molecule has 0 bridgehead atoms. The van der Waals surface area contributed by atoms with Crippen molar-refractivity contribution in [2.24, 2.45) is 19.1 Å². The number of hydrogen-bond acceptors (Lipinski definition) is 8. The van der Waals surface area contributed by atoms with E-state index in [1.807, 2.05) is 29.4 Å². The first-order valence-corrected chi connectivity index (χ1v) is 19.4. The highest BCUT2D eigenvalue weighted by atomic mass is 16.5. The monoisotopic (exact) mass is 798 g/mol. The van der Waals surface area contributed by atoms with E-state index in [-0.39, 0.29) is 48.6 Å². The van der Waals surface area contributed by atoms with Crippen molar-refractivity contribution in [3.8, 4) is 22.6 Å². The number of benzene rings is 3. The van der Waals surface area contributed by atoms with Crippen molar-refractivity contribution in [2.75, 3.05) is 41.5 Å². The summed E-state index contributed by atoms with van der Waals surface area (Å²) in [6, 6.07) is 20.9. The van der Waals surface area contributed by atoms with Gasteiger partial charge >= 0.3 is 0 Å². The van der Waals surface area contributed by atoms with Crippen LogP contribution >= 0.6 is 0 Å². The van der Waals surface area contributed by atoms with Crippen LogP contribution in [-0.4, -0.2) is 76.1 Å². The van der Waals surface area contributed by atoms with Crippen LogP contribution in [-0.2, 0) is 23.7 Å². The molecule has 2 aliphatic heterocycles. The van der Waals surface area contributed by atoms with E-state index in [9.17, 15) is 24.0 Å². The number of aliphatic imine (C=N–C) groups is 1. The molecule has 4 N–H and O–H groups in total. The number of fused-ring (bicyclic) bond motifs is 2. The lowest BCUT2D eigenvalue weighted by Gasteiger charge is -2.32. The fraction of sp³-hybridized carbons (Fsp3) is 0.273.